The predicted octanol–water partition coefficient (Wildman–Crippen LogP) is 1.86. The van der Waals surface area contributed by atoms with E-state index in [4.69, 9.17) is 4.42 Å². The molecule has 122 valence electrons. The molecule has 5 nitrogen and oxygen atoms in total. The van der Waals surface area contributed by atoms with Crippen LogP contribution in [-0.4, -0.2) is 61.0 Å². The van der Waals surface area contributed by atoms with Crippen molar-refractivity contribution in [2.75, 3.05) is 39.3 Å². The number of benzene rings is 1. The molecule has 1 amide bonds. The number of aryl methyl sites for hydroxylation is 1. The second-order valence-electron chi connectivity index (χ2n) is 6.53. The Labute approximate surface area is 136 Å². The lowest BCUT2D eigenvalue weighted by Gasteiger charge is -2.32. The summed E-state index contributed by atoms with van der Waals surface area (Å²) in [5.41, 5.74) is 1.75. The molecule has 0 bridgehead atoms. The SMILES string of the molecule is Cc1c(C(=O)N2CCC(N3CCNCC3)C2)oc2ccccc12. The molecule has 1 unspecified atom stereocenters. The Morgan fingerprint density at radius 1 is 1.22 bits per heavy atom. The first kappa shape index (κ1) is 14.7. The maximum Gasteiger partial charge on any atom is 0.289 e. The van der Waals surface area contributed by atoms with E-state index in [0.29, 0.717) is 11.8 Å². The number of amides is 1. The monoisotopic (exact) mass is 313 g/mol. The molecular formula is C18H23N3O2. The summed E-state index contributed by atoms with van der Waals surface area (Å²) in [6.45, 7) is 7.87. The summed E-state index contributed by atoms with van der Waals surface area (Å²) >= 11 is 0. The summed E-state index contributed by atoms with van der Waals surface area (Å²) in [5, 5.41) is 4.42. The predicted molar refractivity (Wildman–Crippen MR) is 89.7 cm³/mol. The van der Waals surface area contributed by atoms with Crippen molar-refractivity contribution in [1.29, 1.82) is 0 Å². The molecule has 0 spiro atoms. The molecule has 0 radical (unpaired) electrons. The average Bonchev–Trinajstić information content (AvgIpc) is 3.21. The van der Waals surface area contributed by atoms with Gasteiger partial charge in [0.15, 0.2) is 5.76 Å². The topological polar surface area (TPSA) is 48.7 Å². The molecule has 4 rings (SSSR count). The van der Waals surface area contributed by atoms with Crippen LogP contribution in [0.5, 0.6) is 0 Å². The van der Waals surface area contributed by atoms with Crippen LogP contribution in [0.25, 0.3) is 11.0 Å². The van der Waals surface area contributed by atoms with Gasteiger partial charge in [0, 0.05) is 56.3 Å². The zero-order valence-electron chi connectivity index (χ0n) is 13.5. The van der Waals surface area contributed by atoms with Gasteiger partial charge < -0.3 is 14.6 Å². The Kier molecular flexibility index (Phi) is 3.83. The Morgan fingerprint density at radius 2 is 2.00 bits per heavy atom. The molecule has 3 heterocycles. The highest BCUT2D eigenvalue weighted by molar-refractivity contribution is 5.99. The number of rotatable bonds is 2. The van der Waals surface area contributed by atoms with Gasteiger partial charge in [-0.25, -0.2) is 0 Å². The largest absolute Gasteiger partial charge is 0.451 e. The van der Waals surface area contributed by atoms with Crippen LogP contribution in [0.2, 0.25) is 0 Å². The minimum Gasteiger partial charge on any atom is -0.451 e. The highest BCUT2D eigenvalue weighted by Gasteiger charge is 2.33. The summed E-state index contributed by atoms with van der Waals surface area (Å²) in [7, 11) is 0. The van der Waals surface area contributed by atoms with E-state index in [1.165, 1.54) is 0 Å². The van der Waals surface area contributed by atoms with Gasteiger partial charge in [0.25, 0.3) is 5.91 Å². The summed E-state index contributed by atoms with van der Waals surface area (Å²) in [6.07, 6.45) is 1.06. The molecule has 2 aromatic rings. The maximum absolute atomic E-state index is 12.9. The first-order valence-corrected chi connectivity index (χ1v) is 8.46. The van der Waals surface area contributed by atoms with E-state index in [2.05, 4.69) is 10.2 Å². The Morgan fingerprint density at radius 3 is 2.78 bits per heavy atom. The molecule has 2 aliphatic rings. The Hall–Kier alpha value is -1.85. The van der Waals surface area contributed by atoms with Gasteiger partial charge in [-0.05, 0) is 19.4 Å². The second kappa shape index (κ2) is 5.98. The third kappa shape index (κ3) is 2.64. The molecule has 2 aliphatic heterocycles. The van der Waals surface area contributed by atoms with Crippen LogP contribution in [-0.2, 0) is 0 Å². The molecule has 0 aliphatic carbocycles. The molecule has 0 saturated carbocycles. The number of furan rings is 1. The van der Waals surface area contributed by atoms with Gasteiger partial charge >= 0.3 is 0 Å². The van der Waals surface area contributed by atoms with E-state index < -0.39 is 0 Å². The molecule has 1 aromatic heterocycles. The number of carbonyl (C=O) groups excluding carboxylic acids is 1. The summed E-state index contributed by atoms with van der Waals surface area (Å²) < 4.78 is 5.84. The van der Waals surface area contributed by atoms with Crippen molar-refractivity contribution in [1.82, 2.24) is 15.1 Å². The first-order valence-electron chi connectivity index (χ1n) is 8.46. The number of likely N-dealkylation sites (tertiary alicyclic amines) is 1. The number of nitrogens with zero attached hydrogens (tertiary/aromatic N) is 2. The van der Waals surface area contributed by atoms with Crippen molar-refractivity contribution in [2.24, 2.45) is 0 Å². The number of para-hydroxylation sites is 1. The van der Waals surface area contributed by atoms with Gasteiger partial charge in [0.2, 0.25) is 0 Å². The van der Waals surface area contributed by atoms with Crippen LogP contribution in [0.3, 0.4) is 0 Å². The van der Waals surface area contributed by atoms with E-state index in [9.17, 15) is 4.79 Å². The van der Waals surface area contributed by atoms with Crippen LogP contribution < -0.4 is 5.32 Å². The van der Waals surface area contributed by atoms with Crippen LogP contribution in [0, 0.1) is 6.92 Å². The minimum atomic E-state index is 0.0383. The van der Waals surface area contributed by atoms with Crippen molar-refractivity contribution in [2.45, 2.75) is 19.4 Å². The van der Waals surface area contributed by atoms with E-state index in [0.717, 1.165) is 62.2 Å². The van der Waals surface area contributed by atoms with Gasteiger partial charge in [0.1, 0.15) is 5.58 Å². The van der Waals surface area contributed by atoms with Crippen molar-refractivity contribution in [3.8, 4) is 0 Å². The van der Waals surface area contributed by atoms with Crippen LogP contribution in [0.4, 0.5) is 0 Å². The molecule has 2 fully saturated rings. The van der Waals surface area contributed by atoms with Crippen molar-refractivity contribution in [3.63, 3.8) is 0 Å². The zero-order chi connectivity index (χ0) is 15.8. The molecule has 1 N–H and O–H groups in total. The van der Waals surface area contributed by atoms with E-state index >= 15 is 0 Å². The first-order chi connectivity index (χ1) is 11.2. The highest BCUT2D eigenvalue weighted by Crippen LogP contribution is 2.27. The van der Waals surface area contributed by atoms with Crippen LogP contribution >= 0.6 is 0 Å². The number of hydrogen-bond donors (Lipinski definition) is 1. The van der Waals surface area contributed by atoms with Gasteiger partial charge in [-0.1, -0.05) is 18.2 Å². The Bertz CT molecular complexity index is 718. The normalized spacial score (nSPS) is 22.8. The fourth-order valence-electron chi connectivity index (χ4n) is 3.79. The van der Waals surface area contributed by atoms with Gasteiger partial charge in [-0.15, -0.1) is 0 Å². The summed E-state index contributed by atoms with van der Waals surface area (Å²) in [4.78, 5) is 17.3. The number of hydrogen-bond acceptors (Lipinski definition) is 4. The Balaban J connectivity index is 1.51. The molecule has 1 atom stereocenters. The summed E-state index contributed by atoms with van der Waals surface area (Å²) in [5.74, 6) is 0.545. The van der Waals surface area contributed by atoms with E-state index in [1.54, 1.807) is 0 Å². The maximum atomic E-state index is 12.9. The third-order valence-corrected chi connectivity index (χ3v) is 5.16. The lowest BCUT2D eigenvalue weighted by Crippen LogP contribution is -2.49. The average molecular weight is 313 g/mol. The number of carbonyl (C=O) groups is 1. The molecule has 2 saturated heterocycles. The smallest absolute Gasteiger partial charge is 0.289 e. The van der Waals surface area contributed by atoms with Crippen molar-refractivity contribution >= 4 is 16.9 Å². The standard InChI is InChI=1S/C18H23N3O2/c1-13-15-4-2-3-5-16(15)23-17(13)18(22)21-9-6-14(12-21)20-10-7-19-8-11-20/h2-5,14,19H,6-12H2,1H3. The summed E-state index contributed by atoms with van der Waals surface area (Å²) in [6, 6.07) is 8.35. The fraction of sp³-hybridized carbons (Fsp3) is 0.500. The quantitative estimate of drug-likeness (QED) is 0.919. The lowest BCUT2D eigenvalue weighted by molar-refractivity contribution is 0.0743. The highest BCUT2D eigenvalue weighted by atomic mass is 16.3. The molecule has 1 aromatic carbocycles. The third-order valence-electron chi connectivity index (χ3n) is 5.16. The molecule has 5 heteroatoms. The second-order valence-corrected chi connectivity index (χ2v) is 6.53. The minimum absolute atomic E-state index is 0.0383. The lowest BCUT2D eigenvalue weighted by atomic mass is 10.1. The van der Waals surface area contributed by atoms with Gasteiger partial charge in [-0.2, -0.15) is 0 Å². The molecular weight excluding hydrogens is 290 g/mol. The van der Waals surface area contributed by atoms with Crippen LogP contribution in [0.15, 0.2) is 28.7 Å². The van der Waals surface area contributed by atoms with Crippen molar-refractivity contribution < 1.29 is 9.21 Å². The van der Waals surface area contributed by atoms with Gasteiger partial charge in [-0.3, -0.25) is 9.69 Å². The van der Waals surface area contributed by atoms with Crippen molar-refractivity contribution in [3.05, 3.63) is 35.6 Å². The fourth-order valence-corrected chi connectivity index (χ4v) is 3.79. The number of fused-ring (bicyclic) bond motifs is 1. The zero-order valence-corrected chi connectivity index (χ0v) is 13.5. The van der Waals surface area contributed by atoms with E-state index in [1.807, 2.05) is 36.1 Å². The van der Waals surface area contributed by atoms with Gasteiger partial charge in [0.05, 0.1) is 0 Å². The molecule has 23 heavy (non-hydrogen) atoms. The van der Waals surface area contributed by atoms with E-state index in [-0.39, 0.29) is 5.91 Å². The van der Waals surface area contributed by atoms with Crippen LogP contribution in [0.1, 0.15) is 22.5 Å². The number of piperazine rings is 1. The number of nitrogens with one attached hydrogen (secondary N) is 1.